The van der Waals surface area contributed by atoms with Gasteiger partial charge in [0.1, 0.15) is 0 Å². The number of likely N-dealkylation sites (N-methyl/N-ethyl adjacent to an activating group) is 1. The second-order valence-electron chi connectivity index (χ2n) is 5.95. The standard InChI is InChI=1S/C16H26N4O/c1-13(2)20-10-8-19(9-11-20)12-16(21)18(3)15-6-4-14(17)5-7-15/h4-7,13H,8-12,17H2,1-3H3. The summed E-state index contributed by atoms with van der Waals surface area (Å²) in [4.78, 5) is 18.7. The van der Waals surface area contributed by atoms with Gasteiger partial charge in [0.2, 0.25) is 5.91 Å². The summed E-state index contributed by atoms with van der Waals surface area (Å²) in [5.74, 6) is 0.123. The van der Waals surface area contributed by atoms with Crippen molar-refractivity contribution in [3.8, 4) is 0 Å². The molecule has 0 saturated carbocycles. The van der Waals surface area contributed by atoms with Crippen LogP contribution in [0.15, 0.2) is 24.3 Å². The number of piperazine rings is 1. The Kier molecular flexibility index (Phi) is 5.20. The van der Waals surface area contributed by atoms with E-state index in [4.69, 9.17) is 5.73 Å². The van der Waals surface area contributed by atoms with Gasteiger partial charge in [-0.25, -0.2) is 0 Å². The van der Waals surface area contributed by atoms with Gasteiger partial charge >= 0.3 is 0 Å². The van der Waals surface area contributed by atoms with Gasteiger partial charge in [-0.05, 0) is 38.1 Å². The number of anilines is 2. The van der Waals surface area contributed by atoms with Crippen molar-refractivity contribution in [2.75, 3.05) is 50.4 Å². The van der Waals surface area contributed by atoms with Crippen molar-refractivity contribution >= 4 is 17.3 Å². The number of nitrogens with two attached hydrogens (primary N) is 1. The van der Waals surface area contributed by atoms with Gasteiger partial charge in [-0.15, -0.1) is 0 Å². The van der Waals surface area contributed by atoms with Gasteiger partial charge in [0, 0.05) is 50.6 Å². The molecule has 0 radical (unpaired) electrons. The van der Waals surface area contributed by atoms with Gasteiger partial charge < -0.3 is 10.6 Å². The number of nitrogens with zero attached hydrogens (tertiary/aromatic N) is 3. The SMILES string of the molecule is CC(C)N1CCN(CC(=O)N(C)c2ccc(N)cc2)CC1. The summed E-state index contributed by atoms with van der Waals surface area (Å²) in [6, 6.07) is 7.98. The van der Waals surface area contributed by atoms with Gasteiger partial charge in [0.25, 0.3) is 0 Å². The molecule has 0 aromatic heterocycles. The van der Waals surface area contributed by atoms with Crippen molar-refractivity contribution in [2.45, 2.75) is 19.9 Å². The molecule has 0 atom stereocenters. The zero-order valence-corrected chi connectivity index (χ0v) is 13.2. The maximum atomic E-state index is 12.4. The third-order valence-electron chi connectivity index (χ3n) is 4.15. The second-order valence-corrected chi connectivity index (χ2v) is 5.95. The van der Waals surface area contributed by atoms with Crippen molar-refractivity contribution in [3.05, 3.63) is 24.3 Å². The highest BCUT2D eigenvalue weighted by Gasteiger charge is 2.22. The Hall–Kier alpha value is -1.59. The van der Waals surface area contributed by atoms with Crippen molar-refractivity contribution in [1.82, 2.24) is 9.80 Å². The normalized spacial score (nSPS) is 17.1. The predicted molar refractivity (Wildman–Crippen MR) is 87.4 cm³/mol. The quantitative estimate of drug-likeness (QED) is 0.848. The first-order chi connectivity index (χ1) is 9.97. The van der Waals surface area contributed by atoms with Crippen LogP contribution in [0, 0.1) is 0 Å². The molecule has 1 aromatic carbocycles. The maximum Gasteiger partial charge on any atom is 0.240 e. The summed E-state index contributed by atoms with van der Waals surface area (Å²) in [5, 5.41) is 0. The molecule has 1 aromatic rings. The lowest BCUT2D eigenvalue weighted by Gasteiger charge is -2.37. The van der Waals surface area contributed by atoms with Crippen LogP contribution in [0.4, 0.5) is 11.4 Å². The number of hydrogen-bond donors (Lipinski definition) is 1. The van der Waals surface area contributed by atoms with Crippen LogP contribution < -0.4 is 10.6 Å². The van der Waals surface area contributed by atoms with E-state index in [0.29, 0.717) is 18.3 Å². The molecule has 2 rings (SSSR count). The van der Waals surface area contributed by atoms with Crippen LogP contribution in [-0.2, 0) is 4.79 Å². The lowest BCUT2D eigenvalue weighted by atomic mass is 10.2. The molecule has 0 bridgehead atoms. The number of amides is 1. The summed E-state index contributed by atoms with van der Waals surface area (Å²) >= 11 is 0. The van der Waals surface area contributed by atoms with E-state index < -0.39 is 0 Å². The minimum Gasteiger partial charge on any atom is -0.399 e. The third-order valence-corrected chi connectivity index (χ3v) is 4.15. The van der Waals surface area contributed by atoms with Crippen LogP contribution in [0.2, 0.25) is 0 Å². The average Bonchev–Trinajstić information content (AvgIpc) is 2.47. The number of carbonyl (C=O) groups is 1. The molecule has 0 aliphatic carbocycles. The molecule has 1 fully saturated rings. The van der Waals surface area contributed by atoms with E-state index in [1.165, 1.54) is 0 Å². The van der Waals surface area contributed by atoms with E-state index in [1.54, 1.807) is 4.90 Å². The summed E-state index contributed by atoms with van der Waals surface area (Å²) < 4.78 is 0. The minimum atomic E-state index is 0.123. The van der Waals surface area contributed by atoms with E-state index in [2.05, 4.69) is 23.6 Å². The molecule has 5 nitrogen and oxygen atoms in total. The lowest BCUT2D eigenvalue weighted by molar-refractivity contribution is -0.119. The Labute approximate surface area is 127 Å². The zero-order valence-electron chi connectivity index (χ0n) is 13.2. The second kappa shape index (κ2) is 6.91. The van der Waals surface area contributed by atoms with E-state index in [0.717, 1.165) is 31.9 Å². The topological polar surface area (TPSA) is 52.8 Å². The first kappa shape index (κ1) is 15.8. The Morgan fingerprint density at radius 2 is 1.76 bits per heavy atom. The molecule has 1 aliphatic rings. The van der Waals surface area contributed by atoms with Crippen LogP contribution in [0.1, 0.15) is 13.8 Å². The fourth-order valence-electron chi connectivity index (χ4n) is 2.58. The Morgan fingerprint density at radius 3 is 2.29 bits per heavy atom. The summed E-state index contributed by atoms with van der Waals surface area (Å²) in [6.45, 7) is 8.91. The Morgan fingerprint density at radius 1 is 1.19 bits per heavy atom. The van der Waals surface area contributed by atoms with Crippen LogP contribution in [0.5, 0.6) is 0 Å². The van der Waals surface area contributed by atoms with Crippen LogP contribution >= 0.6 is 0 Å². The molecule has 116 valence electrons. The lowest BCUT2D eigenvalue weighted by Crippen LogP contribution is -2.51. The van der Waals surface area contributed by atoms with E-state index in [9.17, 15) is 4.79 Å². The molecular formula is C16H26N4O. The molecular weight excluding hydrogens is 264 g/mol. The summed E-state index contributed by atoms with van der Waals surface area (Å²) in [6.07, 6.45) is 0. The van der Waals surface area contributed by atoms with Crippen LogP contribution in [0.25, 0.3) is 0 Å². The number of hydrogen-bond acceptors (Lipinski definition) is 4. The fourth-order valence-corrected chi connectivity index (χ4v) is 2.58. The van der Waals surface area contributed by atoms with Crippen molar-refractivity contribution in [3.63, 3.8) is 0 Å². The predicted octanol–water partition coefficient (Wildman–Crippen LogP) is 1.26. The van der Waals surface area contributed by atoms with Gasteiger partial charge in [0.05, 0.1) is 6.54 Å². The Bertz CT molecular complexity index is 464. The maximum absolute atomic E-state index is 12.4. The number of benzene rings is 1. The highest BCUT2D eigenvalue weighted by Crippen LogP contribution is 2.15. The van der Waals surface area contributed by atoms with Gasteiger partial charge in [-0.2, -0.15) is 0 Å². The molecule has 0 spiro atoms. The summed E-state index contributed by atoms with van der Waals surface area (Å²) in [5.41, 5.74) is 7.27. The molecule has 1 saturated heterocycles. The summed E-state index contributed by atoms with van der Waals surface area (Å²) in [7, 11) is 1.82. The largest absolute Gasteiger partial charge is 0.399 e. The molecule has 1 aliphatic heterocycles. The van der Waals surface area contributed by atoms with Crippen molar-refractivity contribution in [1.29, 1.82) is 0 Å². The Balaban J connectivity index is 1.86. The molecule has 1 heterocycles. The monoisotopic (exact) mass is 290 g/mol. The first-order valence-corrected chi connectivity index (χ1v) is 7.56. The number of rotatable bonds is 4. The average molecular weight is 290 g/mol. The first-order valence-electron chi connectivity index (χ1n) is 7.56. The highest BCUT2D eigenvalue weighted by molar-refractivity contribution is 5.94. The number of carbonyl (C=O) groups excluding carboxylic acids is 1. The van der Waals surface area contributed by atoms with E-state index in [1.807, 2.05) is 31.3 Å². The van der Waals surface area contributed by atoms with E-state index >= 15 is 0 Å². The highest BCUT2D eigenvalue weighted by atomic mass is 16.2. The third kappa shape index (κ3) is 4.19. The van der Waals surface area contributed by atoms with E-state index in [-0.39, 0.29) is 5.91 Å². The van der Waals surface area contributed by atoms with Crippen LogP contribution in [0.3, 0.4) is 0 Å². The molecule has 2 N–H and O–H groups in total. The molecule has 0 unspecified atom stereocenters. The molecule has 1 amide bonds. The van der Waals surface area contributed by atoms with Gasteiger partial charge in [-0.1, -0.05) is 0 Å². The van der Waals surface area contributed by atoms with Crippen LogP contribution in [-0.4, -0.2) is 61.5 Å². The van der Waals surface area contributed by atoms with Crippen molar-refractivity contribution in [2.24, 2.45) is 0 Å². The van der Waals surface area contributed by atoms with Gasteiger partial charge in [-0.3, -0.25) is 14.6 Å². The van der Waals surface area contributed by atoms with Crippen molar-refractivity contribution < 1.29 is 4.79 Å². The molecule has 21 heavy (non-hydrogen) atoms. The fraction of sp³-hybridized carbons (Fsp3) is 0.562. The van der Waals surface area contributed by atoms with Gasteiger partial charge in [0.15, 0.2) is 0 Å². The molecule has 5 heteroatoms. The minimum absolute atomic E-state index is 0.123. The smallest absolute Gasteiger partial charge is 0.240 e. The zero-order chi connectivity index (χ0) is 15.4. The number of nitrogen functional groups attached to an aromatic ring is 1.